The minimum Gasteiger partial charge on any atom is -0.488 e. The number of fused-ring (bicyclic) bond motifs is 1. The molecule has 3 rings (SSSR count). The van der Waals surface area contributed by atoms with Crippen LogP contribution in [0.2, 0.25) is 5.02 Å². The average molecular weight is 336 g/mol. The van der Waals surface area contributed by atoms with Crippen LogP contribution in [0.4, 0.5) is 5.69 Å². The van der Waals surface area contributed by atoms with Gasteiger partial charge in [0.05, 0.1) is 11.5 Å². The van der Waals surface area contributed by atoms with Gasteiger partial charge in [0.25, 0.3) is 5.69 Å². The first kappa shape index (κ1) is 15.6. The topological polar surface area (TPSA) is 70.8 Å². The lowest BCUT2D eigenvalue weighted by Gasteiger charge is -2.21. The normalized spacial score (nSPS) is 13.1. The highest BCUT2D eigenvalue weighted by Gasteiger charge is 2.21. The minimum atomic E-state index is -0.439. The third-order valence-corrected chi connectivity index (χ3v) is 3.74. The van der Waals surface area contributed by atoms with Crippen LogP contribution in [0.5, 0.6) is 11.5 Å². The molecule has 0 amide bonds. The number of rotatable bonds is 4. The Bertz CT molecular complexity index is 762. The first-order valence-corrected chi connectivity index (χ1v) is 7.32. The molecule has 0 saturated carbocycles. The smallest absolute Gasteiger partial charge is 0.270 e. The molecule has 0 bridgehead atoms. The number of nitro benzene ring substituents is 1. The summed E-state index contributed by atoms with van der Waals surface area (Å²) in [7, 11) is 0. The highest BCUT2D eigenvalue weighted by Crippen LogP contribution is 2.33. The third-order valence-electron chi connectivity index (χ3n) is 3.50. The number of benzene rings is 2. The van der Waals surface area contributed by atoms with Crippen LogP contribution < -0.4 is 9.47 Å². The molecule has 1 aliphatic heterocycles. The summed E-state index contributed by atoms with van der Waals surface area (Å²) < 4.78 is 16.4. The van der Waals surface area contributed by atoms with Gasteiger partial charge in [-0.15, -0.1) is 0 Å². The van der Waals surface area contributed by atoms with Gasteiger partial charge in [-0.2, -0.15) is 0 Å². The van der Waals surface area contributed by atoms with Gasteiger partial charge in [0.1, 0.15) is 18.1 Å². The van der Waals surface area contributed by atoms with Gasteiger partial charge in [-0.3, -0.25) is 10.1 Å². The number of halogens is 1. The van der Waals surface area contributed by atoms with Gasteiger partial charge < -0.3 is 14.2 Å². The molecular weight excluding hydrogens is 322 g/mol. The van der Waals surface area contributed by atoms with E-state index in [2.05, 4.69) is 0 Å². The average Bonchev–Trinajstić information content (AvgIpc) is 2.53. The molecule has 0 saturated heterocycles. The highest BCUT2D eigenvalue weighted by atomic mass is 35.5. The Morgan fingerprint density at radius 1 is 1.35 bits per heavy atom. The van der Waals surface area contributed by atoms with Crippen molar-refractivity contribution in [2.75, 3.05) is 6.79 Å². The van der Waals surface area contributed by atoms with Crippen molar-refractivity contribution in [3.05, 3.63) is 62.2 Å². The zero-order valence-corrected chi connectivity index (χ0v) is 13.1. The molecule has 0 N–H and O–H groups in total. The number of ether oxygens (including phenoxy) is 3. The monoisotopic (exact) mass is 335 g/mol. The molecule has 6 nitrogen and oxygen atoms in total. The lowest BCUT2D eigenvalue weighted by Crippen LogP contribution is -2.14. The molecule has 0 aliphatic carbocycles. The van der Waals surface area contributed by atoms with Crippen molar-refractivity contribution < 1.29 is 19.1 Å². The van der Waals surface area contributed by atoms with Crippen molar-refractivity contribution in [1.29, 1.82) is 0 Å². The molecular formula is C16H14ClNO5. The van der Waals surface area contributed by atoms with Crippen LogP contribution in [-0.2, 0) is 18.0 Å². The molecule has 7 heteroatoms. The van der Waals surface area contributed by atoms with E-state index in [9.17, 15) is 10.1 Å². The van der Waals surface area contributed by atoms with Gasteiger partial charge in [0.2, 0.25) is 0 Å². The van der Waals surface area contributed by atoms with Crippen LogP contribution in [0, 0.1) is 17.0 Å². The fourth-order valence-corrected chi connectivity index (χ4v) is 2.65. The highest BCUT2D eigenvalue weighted by molar-refractivity contribution is 6.30. The second-order valence-electron chi connectivity index (χ2n) is 5.16. The van der Waals surface area contributed by atoms with E-state index in [4.69, 9.17) is 25.8 Å². The Balaban J connectivity index is 1.89. The van der Waals surface area contributed by atoms with Gasteiger partial charge >= 0.3 is 0 Å². The van der Waals surface area contributed by atoms with E-state index in [1.807, 2.05) is 6.92 Å². The Hall–Kier alpha value is -2.31. The van der Waals surface area contributed by atoms with Crippen LogP contribution in [0.1, 0.15) is 16.7 Å². The first-order chi connectivity index (χ1) is 11.0. The molecule has 0 radical (unpaired) electrons. The summed E-state index contributed by atoms with van der Waals surface area (Å²) in [5, 5.41) is 11.7. The maximum absolute atomic E-state index is 11.1. The van der Waals surface area contributed by atoms with Crippen LogP contribution in [0.3, 0.4) is 0 Å². The number of non-ortho nitro benzene ring substituents is 1. The van der Waals surface area contributed by atoms with E-state index in [0.29, 0.717) is 27.6 Å². The maximum Gasteiger partial charge on any atom is 0.270 e. The van der Waals surface area contributed by atoms with E-state index in [1.165, 1.54) is 12.1 Å². The summed E-state index contributed by atoms with van der Waals surface area (Å²) in [4.78, 5) is 10.6. The van der Waals surface area contributed by atoms with Gasteiger partial charge in [0.15, 0.2) is 6.79 Å². The van der Waals surface area contributed by atoms with Gasteiger partial charge in [-0.05, 0) is 30.7 Å². The molecule has 2 aromatic carbocycles. The van der Waals surface area contributed by atoms with Crippen LogP contribution >= 0.6 is 11.6 Å². The summed E-state index contributed by atoms with van der Waals surface area (Å²) in [5.74, 6) is 1.26. The molecule has 0 fully saturated rings. The lowest BCUT2D eigenvalue weighted by molar-refractivity contribution is -0.385. The largest absolute Gasteiger partial charge is 0.488 e. The second kappa shape index (κ2) is 6.44. The summed E-state index contributed by atoms with van der Waals surface area (Å²) in [5.41, 5.74) is 2.15. The minimum absolute atomic E-state index is 0.00993. The SMILES string of the molecule is Cc1cc(Cl)ccc1OCc1cc([N+](=O)[O-])cc2c1OCOC2. The zero-order valence-electron chi connectivity index (χ0n) is 12.4. The molecule has 0 unspecified atom stereocenters. The molecule has 1 aliphatic rings. The summed E-state index contributed by atoms with van der Waals surface area (Å²) in [6.07, 6.45) is 0. The summed E-state index contributed by atoms with van der Waals surface area (Å²) in [6, 6.07) is 8.23. The van der Waals surface area contributed by atoms with Crippen molar-refractivity contribution in [3.63, 3.8) is 0 Å². The van der Waals surface area contributed by atoms with Crippen molar-refractivity contribution in [1.82, 2.24) is 0 Å². The predicted octanol–water partition coefficient (Wildman–Crippen LogP) is 4.00. The van der Waals surface area contributed by atoms with E-state index in [1.54, 1.807) is 18.2 Å². The van der Waals surface area contributed by atoms with E-state index in [0.717, 1.165) is 5.56 Å². The molecule has 120 valence electrons. The fourth-order valence-electron chi connectivity index (χ4n) is 2.42. The number of hydrogen-bond acceptors (Lipinski definition) is 5. The predicted molar refractivity (Wildman–Crippen MR) is 83.9 cm³/mol. The Labute approximate surface area is 137 Å². The molecule has 0 spiro atoms. The Morgan fingerprint density at radius 3 is 2.91 bits per heavy atom. The van der Waals surface area contributed by atoms with Gasteiger partial charge in [0, 0.05) is 28.3 Å². The quantitative estimate of drug-likeness (QED) is 0.623. The molecule has 0 aromatic heterocycles. The molecule has 1 heterocycles. The number of nitro groups is 1. The van der Waals surface area contributed by atoms with Crippen LogP contribution in [-0.4, -0.2) is 11.7 Å². The van der Waals surface area contributed by atoms with E-state index < -0.39 is 4.92 Å². The number of nitrogens with zero attached hydrogens (tertiary/aromatic N) is 1. The Kier molecular flexibility index (Phi) is 4.36. The van der Waals surface area contributed by atoms with Crippen LogP contribution in [0.25, 0.3) is 0 Å². The lowest BCUT2D eigenvalue weighted by atomic mass is 10.1. The van der Waals surface area contributed by atoms with Gasteiger partial charge in [-0.1, -0.05) is 11.6 Å². The number of hydrogen-bond donors (Lipinski definition) is 0. The third kappa shape index (κ3) is 3.38. The summed E-state index contributed by atoms with van der Waals surface area (Å²) >= 11 is 5.92. The van der Waals surface area contributed by atoms with Crippen molar-refractivity contribution >= 4 is 17.3 Å². The molecule has 23 heavy (non-hydrogen) atoms. The maximum atomic E-state index is 11.1. The van der Waals surface area contributed by atoms with Gasteiger partial charge in [-0.25, -0.2) is 0 Å². The van der Waals surface area contributed by atoms with Crippen molar-refractivity contribution in [2.24, 2.45) is 0 Å². The Morgan fingerprint density at radius 2 is 2.17 bits per heavy atom. The zero-order chi connectivity index (χ0) is 16.4. The fraction of sp³-hybridized carbons (Fsp3) is 0.250. The first-order valence-electron chi connectivity index (χ1n) is 6.94. The number of aryl methyl sites for hydroxylation is 1. The molecule has 0 atom stereocenters. The van der Waals surface area contributed by atoms with Crippen LogP contribution in [0.15, 0.2) is 30.3 Å². The standard InChI is InChI=1S/C16H14ClNO5/c1-10-4-13(17)2-3-15(10)22-8-12-6-14(18(19)20)5-11-7-21-9-23-16(11)12/h2-6H,7-9H2,1H3. The molecule has 2 aromatic rings. The van der Waals surface area contributed by atoms with Crippen molar-refractivity contribution in [3.8, 4) is 11.5 Å². The summed E-state index contributed by atoms with van der Waals surface area (Å²) in [6.45, 7) is 2.45. The van der Waals surface area contributed by atoms with Crippen molar-refractivity contribution in [2.45, 2.75) is 20.1 Å². The second-order valence-corrected chi connectivity index (χ2v) is 5.60. The van der Waals surface area contributed by atoms with E-state index in [-0.39, 0.29) is 25.7 Å². The van der Waals surface area contributed by atoms with E-state index >= 15 is 0 Å².